The highest BCUT2D eigenvalue weighted by Gasteiger charge is 2.23. The van der Waals surface area contributed by atoms with Crippen LogP contribution >= 0.6 is 0 Å². The molecule has 6 nitrogen and oxygen atoms in total. The first-order valence-corrected chi connectivity index (χ1v) is 10.9. The molecule has 0 atom stereocenters. The van der Waals surface area contributed by atoms with E-state index < -0.39 is 10.0 Å². The molecule has 0 saturated heterocycles. The van der Waals surface area contributed by atoms with Crippen molar-refractivity contribution in [2.45, 2.75) is 72.3 Å². The van der Waals surface area contributed by atoms with Crippen LogP contribution in [0.1, 0.15) is 54.5 Å². The molecule has 1 rings (SSSR count). The molecule has 1 amide bonds. The van der Waals surface area contributed by atoms with Crippen LogP contribution in [-0.4, -0.2) is 40.1 Å². The van der Waals surface area contributed by atoms with Crippen molar-refractivity contribution in [2.75, 3.05) is 19.7 Å². The molecule has 154 valence electrons. The van der Waals surface area contributed by atoms with Crippen molar-refractivity contribution < 1.29 is 17.9 Å². The quantitative estimate of drug-likeness (QED) is 0.594. The number of rotatable bonds is 10. The summed E-state index contributed by atoms with van der Waals surface area (Å²) in [5, 5.41) is 2.78. The number of ether oxygens (including phenoxy) is 1. The summed E-state index contributed by atoms with van der Waals surface area (Å²) in [5.41, 5.74) is 4.61. The van der Waals surface area contributed by atoms with Gasteiger partial charge in [0, 0.05) is 26.1 Å². The highest BCUT2D eigenvalue weighted by Crippen LogP contribution is 2.29. The van der Waals surface area contributed by atoms with Gasteiger partial charge in [0.05, 0.1) is 11.0 Å². The maximum atomic E-state index is 12.8. The van der Waals surface area contributed by atoms with Gasteiger partial charge in [0.25, 0.3) is 0 Å². The number of nitrogens with one attached hydrogen (secondary N) is 2. The van der Waals surface area contributed by atoms with Gasteiger partial charge in [-0.1, -0.05) is 0 Å². The van der Waals surface area contributed by atoms with E-state index >= 15 is 0 Å². The number of sulfonamides is 1. The number of carbonyl (C=O) groups is 1. The fourth-order valence-corrected chi connectivity index (χ4v) is 4.57. The van der Waals surface area contributed by atoms with Crippen LogP contribution in [-0.2, 0) is 19.6 Å². The summed E-state index contributed by atoms with van der Waals surface area (Å²) in [6.45, 7) is 14.6. The topological polar surface area (TPSA) is 84.5 Å². The normalized spacial score (nSPS) is 11.9. The predicted molar refractivity (Wildman–Crippen MR) is 109 cm³/mol. The molecule has 0 aliphatic heterocycles. The lowest BCUT2D eigenvalue weighted by Crippen LogP contribution is -2.32. The molecular weight excluding hydrogens is 364 g/mol. The fraction of sp³-hybridized carbons (Fsp3) is 0.650. The van der Waals surface area contributed by atoms with Crippen LogP contribution in [0.5, 0.6) is 0 Å². The molecular formula is C20H34N2O4S. The van der Waals surface area contributed by atoms with Crippen LogP contribution in [0.4, 0.5) is 0 Å². The lowest BCUT2D eigenvalue weighted by Gasteiger charge is -2.19. The first-order valence-electron chi connectivity index (χ1n) is 9.44. The van der Waals surface area contributed by atoms with Crippen molar-refractivity contribution in [2.24, 2.45) is 0 Å². The third-order valence-corrected chi connectivity index (χ3v) is 6.67. The van der Waals surface area contributed by atoms with E-state index in [2.05, 4.69) is 10.0 Å². The van der Waals surface area contributed by atoms with Gasteiger partial charge < -0.3 is 10.1 Å². The molecule has 0 bridgehead atoms. The average molecular weight is 399 g/mol. The third-order valence-electron chi connectivity index (χ3n) is 4.94. The number of benzene rings is 1. The summed E-state index contributed by atoms with van der Waals surface area (Å²) < 4.78 is 33.5. The Bertz CT molecular complexity index is 742. The van der Waals surface area contributed by atoms with Gasteiger partial charge in [-0.25, -0.2) is 13.1 Å². The van der Waals surface area contributed by atoms with Gasteiger partial charge in [0.15, 0.2) is 0 Å². The van der Waals surface area contributed by atoms with Gasteiger partial charge in [-0.3, -0.25) is 4.79 Å². The Balaban J connectivity index is 2.62. The minimum Gasteiger partial charge on any atom is -0.379 e. The van der Waals surface area contributed by atoms with E-state index in [4.69, 9.17) is 4.74 Å². The minimum absolute atomic E-state index is 0.0709. The van der Waals surface area contributed by atoms with E-state index in [9.17, 15) is 13.2 Å². The molecule has 7 heteroatoms. The van der Waals surface area contributed by atoms with Crippen molar-refractivity contribution in [1.82, 2.24) is 10.0 Å². The molecule has 27 heavy (non-hydrogen) atoms. The predicted octanol–water partition coefficient (Wildman–Crippen LogP) is 2.83. The second-order valence-electron chi connectivity index (χ2n) is 7.22. The Morgan fingerprint density at radius 3 is 1.96 bits per heavy atom. The summed E-state index contributed by atoms with van der Waals surface area (Å²) >= 11 is 0. The SMILES string of the molecule is Cc1c(C)c(C)c(S(=O)(=O)NCCC(=O)NCCCOC(C)C)c(C)c1C. The van der Waals surface area contributed by atoms with Crippen LogP contribution < -0.4 is 10.0 Å². The zero-order valence-electron chi connectivity index (χ0n) is 17.7. The number of carbonyl (C=O) groups excluding carboxylic acids is 1. The molecule has 0 aromatic heterocycles. The van der Waals surface area contributed by atoms with Gasteiger partial charge >= 0.3 is 0 Å². The second-order valence-corrected chi connectivity index (χ2v) is 8.93. The Morgan fingerprint density at radius 2 is 1.44 bits per heavy atom. The maximum Gasteiger partial charge on any atom is 0.241 e. The fourth-order valence-electron chi connectivity index (χ4n) is 2.95. The smallest absolute Gasteiger partial charge is 0.241 e. The van der Waals surface area contributed by atoms with Crippen LogP contribution in [0.2, 0.25) is 0 Å². The molecule has 1 aromatic rings. The van der Waals surface area contributed by atoms with Crippen molar-refractivity contribution in [3.63, 3.8) is 0 Å². The summed E-state index contributed by atoms with van der Waals surface area (Å²) in [7, 11) is -3.67. The van der Waals surface area contributed by atoms with Crippen molar-refractivity contribution in [3.05, 3.63) is 27.8 Å². The van der Waals surface area contributed by atoms with Crippen LogP contribution in [0.25, 0.3) is 0 Å². The Morgan fingerprint density at radius 1 is 0.926 bits per heavy atom. The molecule has 0 heterocycles. The van der Waals surface area contributed by atoms with Gasteiger partial charge in [0.2, 0.25) is 15.9 Å². The monoisotopic (exact) mass is 398 g/mol. The second kappa shape index (κ2) is 10.2. The standard InChI is InChI=1S/C20H34N2O4S/c1-13(2)26-12-8-10-21-19(23)9-11-22-27(24,25)20-17(6)15(4)14(3)16(5)18(20)7/h13,22H,8-12H2,1-7H3,(H,21,23). The van der Waals surface area contributed by atoms with Gasteiger partial charge in [-0.2, -0.15) is 0 Å². The highest BCUT2D eigenvalue weighted by atomic mass is 32.2. The van der Waals surface area contributed by atoms with E-state index in [1.54, 1.807) is 0 Å². The molecule has 0 fully saturated rings. The first-order chi connectivity index (χ1) is 12.5. The first kappa shape index (κ1) is 23.6. The largest absolute Gasteiger partial charge is 0.379 e. The van der Waals surface area contributed by atoms with E-state index in [0.29, 0.717) is 18.0 Å². The van der Waals surface area contributed by atoms with Crippen molar-refractivity contribution in [1.29, 1.82) is 0 Å². The number of hydrogen-bond donors (Lipinski definition) is 2. The maximum absolute atomic E-state index is 12.8. The van der Waals surface area contributed by atoms with E-state index in [0.717, 1.165) is 34.2 Å². The van der Waals surface area contributed by atoms with Crippen LogP contribution in [0, 0.1) is 34.6 Å². The average Bonchev–Trinajstić information content (AvgIpc) is 2.57. The summed E-state index contributed by atoms with van der Waals surface area (Å²) in [6, 6.07) is 0. The third kappa shape index (κ3) is 6.59. The molecule has 0 spiro atoms. The molecule has 0 radical (unpaired) electrons. The van der Waals surface area contributed by atoms with Gasteiger partial charge in [-0.05, 0) is 82.7 Å². The Labute approximate surface area is 164 Å². The molecule has 2 N–H and O–H groups in total. The molecule has 0 unspecified atom stereocenters. The number of amides is 1. The van der Waals surface area contributed by atoms with E-state index in [1.807, 2.05) is 48.5 Å². The Hall–Kier alpha value is -1.44. The zero-order valence-corrected chi connectivity index (χ0v) is 18.5. The van der Waals surface area contributed by atoms with Crippen LogP contribution in [0.15, 0.2) is 4.90 Å². The summed E-state index contributed by atoms with van der Waals surface area (Å²) in [5.74, 6) is -0.174. The summed E-state index contributed by atoms with van der Waals surface area (Å²) in [4.78, 5) is 12.2. The van der Waals surface area contributed by atoms with E-state index in [1.165, 1.54) is 0 Å². The molecule has 0 saturated carbocycles. The van der Waals surface area contributed by atoms with Gasteiger partial charge in [-0.15, -0.1) is 0 Å². The lowest BCUT2D eigenvalue weighted by atomic mass is 9.95. The van der Waals surface area contributed by atoms with Crippen molar-refractivity contribution >= 4 is 15.9 Å². The van der Waals surface area contributed by atoms with Gasteiger partial charge in [0.1, 0.15) is 0 Å². The lowest BCUT2D eigenvalue weighted by molar-refractivity contribution is -0.120. The number of hydrogen-bond acceptors (Lipinski definition) is 4. The van der Waals surface area contributed by atoms with Crippen LogP contribution in [0.3, 0.4) is 0 Å². The zero-order chi connectivity index (χ0) is 20.8. The molecule has 0 aliphatic carbocycles. The summed E-state index contributed by atoms with van der Waals surface area (Å²) in [6.07, 6.45) is 1.01. The van der Waals surface area contributed by atoms with E-state index in [-0.39, 0.29) is 25.0 Å². The molecule has 0 aliphatic rings. The van der Waals surface area contributed by atoms with Crippen molar-refractivity contribution in [3.8, 4) is 0 Å². The Kier molecular flexibility index (Phi) is 8.91. The minimum atomic E-state index is -3.67. The highest BCUT2D eigenvalue weighted by molar-refractivity contribution is 7.89. The molecule has 1 aromatic carbocycles.